The molecule has 2 aromatic heterocycles. The van der Waals surface area contributed by atoms with E-state index in [9.17, 15) is 22.8 Å². The Morgan fingerprint density at radius 3 is 2.58 bits per heavy atom. The zero-order valence-electron chi connectivity index (χ0n) is 17.3. The first-order valence-electron chi connectivity index (χ1n) is 10.1. The summed E-state index contributed by atoms with van der Waals surface area (Å²) in [5, 5.41) is 0.488. The van der Waals surface area contributed by atoms with Crippen LogP contribution in [0.3, 0.4) is 0 Å². The number of halogens is 3. The van der Waals surface area contributed by atoms with Crippen LogP contribution < -0.4 is 5.56 Å². The lowest BCUT2D eigenvalue weighted by Gasteiger charge is -2.17. The van der Waals surface area contributed by atoms with E-state index < -0.39 is 11.7 Å². The first kappa shape index (κ1) is 21.5. The van der Waals surface area contributed by atoms with E-state index in [0.29, 0.717) is 32.8 Å². The van der Waals surface area contributed by atoms with Gasteiger partial charge in [0.1, 0.15) is 10.7 Å². The van der Waals surface area contributed by atoms with Gasteiger partial charge in [-0.15, -0.1) is 11.3 Å². The molecule has 1 aliphatic heterocycles. The fourth-order valence-corrected chi connectivity index (χ4v) is 5.12. The quantitative estimate of drug-likeness (QED) is 0.578. The highest BCUT2D eigenvalue weighted by molar-refractivity contribution is 7.20. The number of benzene rings is 1. The van der Waals surface area contributed by atoms with Crippen molar-refractivity contribution in [1.82, 2.24) is 14.5 Å². The van der Waals surface area contributed by atoms with Gasteiger partial charge < -0.3 is 4.90 Å². The molecule has 1 aromatic carbocycles. The first-order chi connectivity index (χ1) is 14.7. The van der Waals surface area contributed by atoms with E-state index in [1.807, 2.05) is 0 Å². The number of hydrogen-bond donors (Lipinski definition) is 0. The van der Waals surface area contributed by atoms with Crippen LogP contribution in [0.4, 0.5) is 13.2 Å². The van der Waals surface area contributed by atoms with Crippen LogP contribution in [0.5, 0.6) is 0 Å². The van der Waals surface area contributed by atoms with Gasteiger partial charge >= 0.3 is 6.18 Å². The summed E-state index contributed by atoms with van der Waals surface area (Å²) in [6, 6.07) is 4.76. The van der Waals surface area contributed by atoms with Crippen molar-refractivity contribution in [3.05, 3.63) is 62.0 Å². The molecule has 3 heterocycles. The Kier molecular flexibility index (Phi) is 5.63. The Morgan fingerprint density at radius 1 is 1.19 bits per heavy atom. The minimum atomic E-state index is -4.40. The third kappa shape index (κ3) is 4.11. The summed E-state index contributed by atoms with van der Waals surface area (Å²) >= 11 is 1.21. The van der Waals surface area contributed by atoms with E-state index in [2.05, 4.69) is 4.98 Å². The van der Waals surface area contributed by atoms with Crippen LogP contribution in [0.2, 0.25) is 0 Å². The highest BCUT2D eigenvalue weighted by atomic mass is 32.1. The van der Waals surface area contributed by atoms with Gasteiger partial charge in [-0.3, -0.25) is 14.2 Å². The number of aryl methyl sites for hydroxylation is 2. The minimum absolute atomic E-state index is 0.0971. The van der Waals surface area contributed by atoms with Crippen LogP contribution >= 0.6 is 11.3 Å². The Balaban J connectivity index is 1.62. The number of thiophene rings is 1. The second kappa shape index (κ2) is 8.11. The predicted molar refractivity (Wildman–Crippen MR) is 113 cm³/mol. The number of alkyl halides is 3. The van der Waals surface area contributed by atoms with E-state index in [4.69, 9.17) is 0 Å². The summed E-state index contributed by atoms with van der Waals surface area (Å²) in [6.45, 7) is 2.56. The maximum atomic E-state index is 13.1. The van der Waals surface area contributed by atoms with Crippen molar-refractivity contribution in [2.24, 2.45) is 0 Å². The number of aromatic nitrogens is 2. The highest BCUT2D eigenvalue weighted by Gasteiger charge is 2.30. The number of rotatable bonds is 3. The Bertz CT molecular complexity index is 1200. The molecule has 0 saturated carbocycles. The van der Waals surface area contributed by atoms with E-state index >= 15 is 0 Å². The Morgan fingerprint density at radius 2 is 1.90 bits per heavy atom. The lowest BCUT2D eigenvalue weighted by atomic mass is 10.1. The molecule has 4 rings (SSSR count). The zero-order chi connectivity index (χ0) is 22.3. The molecular formula is C22H22F3N3O2S. The largest absolute Gasteiger partial charge is 0.416 e. The molecule has 1 aliphatic rings. The molecule has 0 radical (unpaired) electrons. The molecule has 31 heavy (non-hydrogen) atoms. The third-order valence-electron chi connectivity index (χ3n) is 5.65. The first-order valence-corrected chi connectivity index (χ1v) is 10.9. The number of amides is 1. The fraction of sp³-hybridized carbons (Fsp3) is 0.409. The average molecular weight is 449 g/mol. The van der Waals surface area contributed by atoms with Crippen molar-refractivity contribution >= 4 is 27.5 Å². The van der Waals surface area contributed by atoms with Crippen LogP contribution in [0.25, 0.3) is 10.2 Å². The maximum Gasteiger partial charge on any atom is 0.416 e. The molecule has 164 valence electrons. The van der Waals surface area contributed by atoms with Crippen molar-refractivity contribution in [2.45, 2.75) is 51.9 Å². The Hall–Kier alpha value is -2.68. The normalized spacial score (nSPS) is 14.4. The zero-order valence-corrected chi connectivity index (χ0v) is 18.1. The third-order valence-corrected chi connectivity index (χ3v) is 6.83. The average Bonchev–Trinajstić information content (AvgIpc) is 2.88. The molecule has 0 fully saturated rings. The molecule has 0 spiro atoms. The van der Waals surface area contributed by atoms with Gasteiger partial charge in [-0.2, -0.15) is 13.2 Å². The SMILES string of the molecule is Cc1c(C(=O)N(C)Cc2ccc(C(F)(F)F)cc2)sc2nc3n(c(=O)c12)CCCCC3. The molecule has 0 bridgehead atoms. The van der Waals surface area contributed by atoms with Crippen molar-refractivity contribution in [3.63, 3.8) is 0 Å². The van der Waals surface area contributed by atoms with E-state index in [0.717, 1.165) is 43.6 Å². The molecular weight excluding hydrogens is 427 g/mol. The van der Waals surface area contributed by atoms with Crippen LogP contribution in [-0.4, -0.2) is 27.4 Å². The summed E-state index contributed by atoms with van der Waals surface area (Å²) in [7, 11) is 1.60. The summed E-state index contributed by atoms with van der Waals surface area (Å²) in [5.74, 6) is 0.494. The fourth-order valence-electron chi connectivity index (χ4n) is 3.93. The minimum Gasteiger partial charge on any atom is -0.337 e. The molecule has 0 saturated heterocycles. The standard InChI is InChI=1S/C22H22F3N3O2S/c1-13-17-19(26-16-6-4-3-5-11-28(16)20(17)29)31-18(13)21(30)27(2)12-14-7-9-15(10-8-14)22(23,24)25/h7-10H,3-6,11-12H2,1-2H3. The van der Waals surface area contributed by atoms with Gasteiger partial charge in [-0.25, -0.2) is 4.98 Å². The summed E-state index contributed by atoms with van der Waals surface area (Å²) in [6.07, 6.45) is -0.657. The molecule has 5 nitrogen and oxygen atoms in total. The van der Waals surface area contributed by atoms with E-state index in [1.165, 1.54) is 28.4 Å². The van der Waals surface area contributed by atoms with Crippen LogP contribution in [0.15, 0.2) is 29.1 Å². The number of carbonyl (C=O) groups excluding carboxylic acids is 1. The molecule has 3 aromatic rings. The Labute approximate surface area is 181 Å². The van der Waals surface area contributed by atoms with Gasteiger partial charge in [0.25, 0.3) is 11.5 Å². The highest BCUT2D eigenvalue weighted by Crippen LogP contribution is 2.31. The van der Waals surface area contributed by atoms with Gasteiger partial charge in [-0.1, -0.05) is 18.6 Å². The number of nitrogens with zero attached hydrogens (tertiary/aromatic N) is 3. The van der Waals surface area contributed by atoms with Crippen molar-refractivity contribution in [1.29, 1.82) is 0 Å². The number of hydrogen-bond acceptors (Lipinski definition) is 4. The molecule has 9 heteroatoms. The summed E-state index contributed by atoms with van der Waals surface area (Å²) in [5.41, 5.74) is 0.380. The van der Waals surface area contributed by atoms with Crippen molar-refractivity contribution in [2.75, 3.05) is 7.05 Å². The van der Waals surface area contributed by atoms with Gasteiger partial charge in [0.2, 0.25) is 0 Å². The topological polar surface area (TPSA) is 55.2 Å². The molecule has 0 atom stereocenters. The number of carbonyl (C=O) groups is 1. The summed E-state index contributed by atoms with van der Waals surface area (Å²) in [4.78, 5) is 33.3. The maximum absolute atomic E-state index is 13.1. The van der Waals surface area contributed by atoms with Crippen LogP contribution in [0, 0.1) is 6.92 Å². The second-order valence-corrected chi connectivity index (χ2v) is 8.89. The number of fused-ring (bicyclic) bond motifs is 2. The molecule has 1 amide bonds. The van der Waals surface area contributed by atoms with Gasteiger partial charge in [-0.05, 0) is 43.0 Å². The van der Waals surface area contributed by atoms with Gasteiger partial charge in [0.15, 0.2) is 0 Å². The van der Waals surface area contributed by atoms with Crippen LogP contribution in [-0.2, 0) is 25.7 Å². The molecule has 0 N–H and O–H groups in total. The van der Waals surface area contributed by atoms with Gasteiger partial charge in [0, 0.05) is 26.6 Å². The van der Waals surface area contributed by atoms with E-state index in [1.54, 1.807) is 18.5 Å². The van der Waals surface area contributed by atoms with Crippen LogP contribution in [0.1, 0.15) is 51.4 Å². The molecule has 0 unspecified atom stereocenters. The lowest BCUT2D eigenvalue weighted by molar-refractivity contribution is -0.137. The lowest BCUT2D eigenvalue weighted by Crippen LogP contribution is -2.26. The monoisotopic (exact) mass is 449 g/mol. The molecule has 0 aliphatic carbocycles. The van der Waals surface area contributed by atoms with Crippen molar-refractivity contribution < 1.29 is 18.0 Å². The second-order valence-electron chi connectivity index (χ2n) is 7.89. The van der Waals surface area contributed by atoms with E-state index in [-0.39, 0.29) is 18.0 Å². The van der Waals surface area contributed by atoms with Gasteiger partial charge in [0.05, 0.1) is 15.8 Å². The summed E-state index contributed by atoms with van der Waals surface area (Å²) < 4.78 is 40.0. The predicted octanol–water partition coefficient (Wildman–Crippen LogP) is 4.78. The van der Waals surface area contributed by atoms with Crippen molar-refractivity contribution in [3.8, 4) is 0 Å². The smallest absolute Gasteiger partial charge is 0.337 e.